The van der Waals surface area contributed by atoms with Gasteiger partial charge in [0.1, 0.15) is 0 Å². The molecule has 4 nitrogen and oxygen atoms in total. The molecule has 0 aromatic carbocycles. The van der Waals surface area contributed by atoms with Crippen LogP contribution in [0.4, 0.5) is 0 Å². The number of carbonyl (C=O) groups excluding carboxylic acids is 2. The Morgan fingerprint density at radius 1 is 1.00 bits per heavy atom. The molecule has 0 heterocycles. The lowest BCUT2D eigenvalue weighted by Crippen LogP contribution is -2.34. The van der Waals surface area contributed by atoms with Gasteiger partial charge in [0.05, 0.1) is 13.2 Å². The molecule has 2 atom stereocenters. The summed E-state index contributed by atoms with van der Waals surface area (Å²) in [4.78, 5) is 21.1. The van der Waals surface area contributed by atoms with Crippen LogP contribution in [-0.4, -0.2) is 25.2 Å². The normalized spacial score (nSPS) is 25.0. The van der Waals surface area contributed by atoms with Crippen LogP contribution in [0.5, 0.6) is 0 Å². The highest BCUT2D eigenvalue weighted by Gasteiger charge is 2.32. The van der Waals surface area contributed by atoms with Crippen LogP contribution in [-0.2, 0) is 19.1 Å². The van der Waals surface area contributed by atoms with E-state index in [-0.39, 0.29) is 11.9 Å². The van der Waals surface area contributed by atoms with Crippen molar-refractivity contribution < 1.29 is 19.1 Å². The Hall–Kier alpha value is -1.06. The van der Waals surface area contributed by atoms with E-state index in [9.17, 15) is 9.59 Å². The van der Waals surface area contributed by atoms with Crippen molar-refractivity contribution in [2.45, 2.75) is 26.7 Å². The van der Waals surface area contributed by atoms with Crippen molar-refractivity contribution in [1.82, 2.24) is 0 Å². The lowest BCUT2D eigenvalue weighted by Gasteiger charge is -2.35. The van der Waals surface area contributed by atoms with Crippen molar-refractivity contribution in [3.8, 4) is 0 Å². The molecular formula is C10H16O4. The van der Waals surface area contributed by atoms with Crippen LogP contribution in [0.15, 0.2) is 0 Å². The Morgan fingerprint density at radius 3 is 1.57 bits per heavy atom. The Morgan fingerprint density at radius 2 is 1.36 bits per heavy atom. The minimum atomic E-state index is -0.247. The number of carbonyl (C=O) groups is 2. The molecule has 4 heteroatoms. The molecule has 14 heavy (non-hydrogen) atoms. The second-order valence-corrected chi connectivity index (χ2v) is 3.70. The molecule has 0 saturated heterocycles. The van der Waals surface area contributed by atoms with E-state index in [2.05, 4.69) is 0 Å². The maximum absolute atomic E-state index is 10.6. The number of esters is 2. The summed E-state index contributed by atoms with van der Waals surface area (Å²) in [6, 6.07) is 0. The minimum Gasteiger partial charge on any atom is -0.466 e. The summed E-state index contributed by atoms with van der Waals surface area (Å²) in [5.74, 6) is 0.253. The zero-order valence-corrected chi connectivity index (χ0v) is 8.62. The second kappa shape index (κ2) is 4.98. The Labute approximate surface area is 83.6 Å². The van der Waals surface area contributed by atoms with Crippen LogP contribution in [0.3, 0.4) is 0 Å². The molecule has 0 aliphatic heterocycles. The third-order valence-corrected chi connectivity index (χ3v) is 2.58. The Kier molecular flexibility index (Phi) is 3.92. The van der Waals surface area contributed by atoms with Crippen molar-refractivity contribution in [1.29, 1.82) is 0 Å². The Balaban J connectivity index is 2.15. The Bertz CT molecular complexity index is 200. The van der Waals surface area contributed by atoms with E-state index in [1.807, 2.05) is 0 Å². The summed E-state index contributed by atoms with van der Waals surface area (Å²) in [5, 5.41) is 0. The third kappa shape index (κ3) is 3.36. The maximum Gasteiger partial charge on any atom is 0.302 e. The molecule has 0 amide bonds. The molecule has 0 bridgehead atoms. The van der Waals surface area contributed by atoms with Crippen LogP contribution in [0, 0.1) is 11.8 Å². The van der Waals surface area contributed by atoms with Crippen LogP contribution in [0.1, 0.15) is 26.7 Å². The fourth-order valence-corrected chi connectivity index (χ4v) is 1.53. The monoisotopic (exact) mass is 200 g/mol. The number of hydrogen-bond acceptors (Lipinski definition) is 4. The fourth-order valence-electron chi connectivity index (χ4n) is 1.53. The SMILES string of the molecule is CC(=O)OC[C@H]1CC[C@H]1COC(C)=O. The molecule has 80 valence electrons. The molecule has 1 aliphatic rings. The lowest BCUT2D eigenvalue weighted by atomic mass is 9.75. The molecule has 0 radical (unpaired) electrons. The van der Waals surface area contributed by atoms with Crippen LogP contribution >= 0.6 is 0 Å². The first-order valence-electron chi connectivity index (χ1n) is 4.86. The van der Waals surface area contributed by atoms with Crippen molar-refractivity contribution in [3.05, 3.63) is 0 Å². The van der Waals surface area contributed by atoms with Crippen molar-refractivity contribution >= 4 is 11.9 Å². The molecule has 0 aromatic heterocycles. The van der Waals surface area contributed by atoms with Crippen molar-refractivity contribution in [2.24, 2.45) is 11.8 Å². The standard InChI is InChI=1S/C10H16O4/c1-7(11)13-5-9-3-4-10(9)6-14-8(2)12/h9-10H,3-6H2,1-2H3/t9-,10+. The first kappa shape index (κ1) is 11.0. The average molecular weight is 200 g/mol. The molecule has 1 aliphatic carbocycles. The number of ether oxygens (including phenoxy) is 2. The van der Waals surface area contributed by atoms with E-state index >= 15 is 0 Å². The molecule has 1 fully saturated rings. The van der Waals surface area contributed by atoms with E-state index in [4.69, 9.17) is 9.47 Å². The molecule has 1 saturated carbocycles. The van der Waals surface area contributed by atoms with Gasteiger partial charge in [-0.2, -0.15) is 0 Å². The van der Waals surface area contributed by atoms with E-state index < -0.39 is 0 Å². The first-order chi connectivity index (χ1) is 6.59. The molecular weight excluding hydrogens is 184 g/mol. The van der Waals surface area contributed by atoms with Crippen LogP contribution in [0.2, 0.25) is 0 Å². The van der Waals surface area contributed by atoms with Gasteiger partial charge in [-0.3, -0.25) is 9.59 Å². The molecule has 1 rings (SSSR count). The van der Waals surface area contributed by atoms with Crippen molar-refractivity contribution in [3.63, 3.8) is 0 Å². The first-order valence-corrected chi connectivity index (χ1v) is 4.86. The quantitative estimate of drug-likeness (QED) is 0.638. The topological polar surface area (TPSA) is 52.6 Å². The highest BCUT2D eigenvalue weighted by Crippen LogP contribution is 2.34. The summed E-state index contributed by atoms with van der Waals surface area (Å²) in [5.41, 5.74) is 0. The zero-order chi connectivity index (χ0) is 10.6. The smallest absolute Gasteiger partial charge is 0.302 e. The van der Waals surface area contributed by atoms with Gasteiger partial charge in [0.15, 0.2) is 0 Å². The average Bonchev–Trinajstić information content (AvgIpc) is 2.01. The van der Waals surface area contributed by atoms with Gasteiger partial charge < -0.3 is 9.47 Å². The van der Waals surface area contributed by atoms with Gasteiger partial charge >= 0.3 is 11.9 Å². The van der Waals surface area contributed by atoms with Gasteiger partial charge in [0.25, 0.3) is 0 Å². The van der Waals surface area contributed by atoms with Crippen LogP contribution < -0.4 is 0 Å². The van der Waals surface area contributed by atoms with Gasteiger partial charge in [-0.05, 0) is 24.7 Å². The minimum absolute atomic E-state index is 0.247. The fraction of sp³-hybridized carbons (Fsp3) is 0.800. The highest BCUT2D eigenvalue weighted by molar-refractivity contribution is 5.66. The summed E-state index contributed by atoms with van der Waals surface area (Å²) >= 11 is 0. The molecule has 0 spiro atoms. The van der Waals surface area contributed by atoms with E-state index in [0.29, 0.717) is 25.0 Å². The maximum atomic E-state index is 10.6. The number of rotatable bonds is 4. The second-order valence-electron chi connectivity index (χ2n) is 3.70. The van der Waals surface area contributed by atoms with E-state index in [1.54, 1.807) is 0 Å². The summed E-state index contributed by atoms with van der Waals surface area (Å²) in [6.45, 7) is 3.72. The summed E-state index contributed by atoms with van der Waals surface area (Å²) < 4.78 is 9.81. The van der Waals surface area contributed by atoms with Gasteiger partial charge in [0.2, 0.25) is 0 Å². The lowest BCUT2D eigenvalue weighted by molar-refractivity contribution is -0.149. The molecule has 0 N–H and O–H groups in total. The largest absolute Gasteiger partial charge is 0.466 e. The van der Waals surface area contributed by atoms with Crippen LogP contribution in [0.25, 0.3) is 0 Å². The summed E-state index contributed by atoms with van der Waals surface area (Å²) in [6.07, 6.45) is 2.11. The molecule has 0 aromatic rings. The zero-order valence-electron chi connectivity index (χ0n) is 8.62. The van der Waals surface area contributed by atoms with E-state index in [1.165, 1.54) is 13.8 Å². The predicted octanol–water partition coefficient (Wildman–Crippen LogP) is 1.14. The highest BCUT2D eigenvalue weighted by atomic mass is 16.5. The van der Waals surface area contributed by atoms with Gasteiger partial charge in [-0.1, -0.05) is 0 Å². The number of hydrogen-bond donors (Lipinski definition) is 0. The van der Waals surface area contributed by atoms with Gasteiger partial charge in [-0.25, -0.2) is 0 Å². The van der Waals surface area contributed by atoms with Gasteiger partial charge in [-0.15, -0.1) is 0 Å². The van der Waals surface area contributed by atoms with Crippen molar-refractivity contribution in [2.75, 3.05) is 13.2 Å². The summed E-state index contributed by atoms with van der Waals surface area (Å²) in [7, 11) is 0. The molecule has 0 unspecified atom stereocenters. The predicted molar refractivity (Wildman–Crippen MR) is 49.5 cm³/mol. The van der Waals surface area contributed by atoms with Gasteiger partial charge in [0, 0.05) is 13.8 Å². The van der Waals surface area contributed by atoms with E-state index in [0.717, 1.165) is 12.8 Å². The third-order valence-electron chi connectivity index (χ3n) is 2.58.